The lowest BCUT2D eigenvalue weighted by molar-refractivity contribution is -0.478. The second-order valence-corrected chi connectivity index (χ2v) is 4.12. The van der Waals surface area contributed by atoms with Gasteiger partial charge in [0.15, 0.2) is 0 Å². The second kappa shape index (κ2) is 7.85. The molecule has 0 saturated carbocycles. The monoisotopic (exact) mass is 248 g/mol. The molecule has 94 valence electrons. The van der Waals surface area contributed by atoms with Gasteiger partial charge in [-0.15, -0.1) is 0 Å². The van der Waals surface area contributed by atoms with Gasteiger partial charge in [-0.05, 0) is 24.3 Å². The van der Waals surface area contributed by atoms with Crippen molar-refractivity contribution in [2.45, 2.75) is 0 Å². The van der Waals surface area contributed by atoms with Crippen LogP contribution in [0.25, 0.3) is 0 Å². The molecule has 0 atom stereocenters. The largest absolute Gasteiger partial charge is 0.282 e. The predicted molar refractivity (Wildman–Crippen MR) is 80.6 cm³/mol. The fraction of sp³-hybridized carbons (Fsp3) is 0. The molecule has 19 heavy (non-hydrogen) atoms. The van der Waals surface area contributed by atoms with Gasteiger partial charge in [0.25, 0.3) is 0 Å². The first-order valence-electron chi connectivity index (χ1n) is 6.40. The van der Waals surface area contributed by atoms with Crippen LogP contribution in [0.2, 0.25) is 0 Å². The molecule has 0 unspecified atom stereocenters. The zero-order valence-electron chi connectivity index (χ0n) is 10.8. The van der Waals surface area contributed by atoms with E-state index in [1.807, 2.05) is 48.5 Å². The van der Waals surface area contributed by atoms with Crippen molar-refractivity contribution in [1.29, 1.82) is 0 Å². The van der Waals surface area contributed by atoms with Gasteiger partial charge in [-0.3, -0.25) is 5.32 Å². The van der Waals surface area contributed by atoms with Gasteiger partial charge in [-0.25, -0.2) is 0 Å². The van der Waals surface area contributed by atoms with Crippen molar-refractivity contribution in [3.05, 3.63) is 97.1 Å². The third-order valence-corrected chi connectivity index (χ3v) is 2.60. The molecular formula is C18H18N+. The highest BCUT2D eigenvalue weighted by Gasteiger charge is 1.96. The van der Waals surface area contributed by atoms with E-state index in [1.165, 1.54) is 11.4 Å². The number of rotatable bonds is 2. The quantitative estimate of drug-likeness (QED) is 0.662. The van der Waals surface area contributed by atoms with E-state index in [-0.39, 0.29) is 0 Å². The minimum atomic E-state index is 1.24. The van der Waals surface area contributed by atoms with Crippen molar-refractivity contribution in [2.24, 2.45) is 0 Å². The SMILES string of the molecule is c1ccc([NH2+]c2ccccc2)cc1.c1ccccc1. The summed E-state index contributed by atoms with van der Waals surface area (Å²) < 4.78 is 0. The lowest BCUT2D eigenvalue weighted by atomic mass is 10.3. The highest BCUT2D eigenvalue weighted by molar-refractivity contribution is 5.35. The summed E-state index contributed by atoms with van der Waals surface area (Å²) >= 11 is 0. The molecule has 1 nitrogen and oxygen atoms in total. The summed E-state index contributed by atoms with van der Waals surface area (Å²) in [6.45, 7) is 0. The summed E-state index contributed by atoms with van der Waals surface area (Å²) in [6, 6.07) is 32.7. The first-order valence-corrected chi connectivity index (χ1v) is 6.40. The van der Waals surface area contributed by atoms with Crippen LogP contribution in [0.3, 0.4) is 0 Å². The van der Waals surface area contributed by atoms with Crippen LogP contribution in [-0.2, 0) is 0 Å². The first-order chi connectivity index (χ1) is 9.45. The van der Waals surface area contributed by atoms with Gasteiger partial charge < -0.3 is 0 Å². The Morgan fingerprint density at radius 2 is 0.632 bits per heavy atom. The second-order valence-electron chi connectivity index (χ2n) is 4.12. The average Bonchev–Trinajstić information content (AvgIpc) is 2.52. The third kappa shape index (κ3) is 5.19. The summed E-state index contributed by atoms with van der Waals surface area (Å²) in [6.07, 6.45) is 0. The molecule has 0 bridgehead atoms. The molecule has 0 radical (unpaired) electrons. The number of benzene rings is 3. The molecule has 0 aliphatic rings. The van der Waals surface area contributed by atoms with Gasteiger partial charge >= 0.3 is 0 Å². The van der Waals surface area contributed by atoms with Crippen LogP contribution in [0.15, 0.2) is 97.1 Å². The number of hydrogen-bond donors (Lipinski definition) is 1. The Balaban J connectivity index is 0.000000186. The van der Waals surface area contributed by atoms with E-state index < -0.39 is 0 Å². The van der Waals surface area contributed by atoms with Crippen LogP contribution >= 0.6 is 0 Å². The topological polar surface area (TPSA) is 16.6 Å². The predicted octanol–water partition coefficient (Wildman–Crippen LogP) is 3.90. The van der Waals surface area contributed by atoms with E-state index in [0.29, 0.717) is 0 Å². The van der Waals surface area contributed by atoms with Gasteiger partial charge in [-0.2, -0.15) is 0 Å². The Bertz CT molecular complexity index is 483. The lowest BCUT2D eigenvalue weighted by Gasteiger charge is -1.98. The highest BCUT2D eigenvalue weighted by Crippen LogP contribution is 2.02. The number of para-hydroxylation sites is 2. The fourth-order valence-electron chi connectivity index (χ4n) is 1.68. The molecule has 0 saturated heterocycles. The lowest BCUT2D eigenvalue weighted by Crippen LogP contribution is -2.70. The summed E-state index contributed by atoms with van der Waals surface area (Å²) in [4.78, 5) is 0. The molecule has 3 rings (SSSR count). The van der Waals surface area contributed by atoms with Crippen molar-refractivity contribution in [2.75, 3.05) is 0 Å². The molecule has 3 aromatic rings. The van der Waals surface area contributed by atoms with Crippen LogP contribution in [0.5, 0.6) is 0 Å². The molecule has 0 aliphatic heterocycles. The normalized spacial score (nSPS) is 9.26. The molecular weight excluding hydrogens is 230 g/mol. The number of nitrogens with two attached hydrogens (primary N) is 1. The summed E-state index contributed by atoms with van der Waals surface area (Å²) in [5.74, 6) is 0. The third-order valence-electron chi connectivity index (χ3n) is 2.60. The summed E-state index contributed by atoms with van der Waals surface area (Å²) in [5, 5.41) is 2.17. The minimum absolute atomic E-state index is 1.24. The van der Waals surface area contributed by atoms with E-state index in [2.05, 4.69) is 53.8 Å². The zero-order chi connectivity index (χ0) is 13.2. The molecule has 2 N–H and O–H groups in total. The number of hydrogen-bond acceptors (Lipinski definition) is 0. The van der Waals surface area contributed by atoms with Crippen LogP contribution < -0.4 is 5.32 Å². The summed E-state index contributed by atoms with van der Waals surface area (Å²) in [7, 11) is 0. The van der Waals surface area contributed by atoms with Crippen LogP contribution in [0.1, 0.15) is 0 Å². The van der Waals surface area contributed by atoms with Gasteiger partial charge in [0.1, 0.15) is 11.4 Å². The Morgan fingerprint density at radius 1 is 0.368 bits per heavy atom. The van der Waals surface area contributed by atoms with Crippen molar-refractivity contribution in [3.63, 3.8) is 0 Å². The van der Waals surface area contributed by atoms with Crippen LogP contribution in [0.4, 0.5) is 11.4 Å². The molecule has 0 aromatic heterocycles. The van der Waals surface area contributed by atoms with E-state index in [0.717, 1.165) is 0 Å². The van der Waals surface area contributed by atoms with E-state index in [9.17, 15) is 0 Å². The van der Waals surface area contributed by atoms with E-state index in [1.54, 1.807) is 0 Å². The maximum Gasteiger partial charge on any atom is 0.134 e. The first kappa shape index (κ1) is 13.1. The highest BCUT2D eigenvalue weighted by atomic mass is 14.9. The summed E-state index contributed by atoms with van der Waals surface area (Å²) in [5.41, 5.74) is 2.49. The fourth-order valence-corrected chi connectivity index (χ4v) is 1.68. The Labute approximate surface area is 114 Å². The standard InChI is InChI=1S/C12H11N.C6H6/c1-3-7-11(8-4-1)13-12-9-5-2-6-10-12;1-2-4-6-5-3-1/h1-10,13H;1-6H/p+1. The molecule has 0 amide bonds. The van der Waals surface area contributed by atoms with Crippen molar-refractivity contribution < 1.29 is 5.32 Å². The molecule has 0 spiro atoms. The maximum absolute atomic E-state index is 2.17. The Kier molecular flexibility index (Phi) is 5.40. The molecule has 1 heteroatoms. The average molecular weight is 248 g/mol. The van der Waals surface area contributed by atoms with E-state index >= 15 is 0 Å². The Morgan fingerprint density at radius 3 is 0.947 bits per heavy atom. The Hall–Kier alpha value is -2.38. The van der Waals surface area contributed by atoms with E-state index in [4.69, 9.17) is 0 Å². The van der Waals surface area contributed by atoms with Crippen LogP contribution in [-0.4, -0.2) is 0 Å². The van der Waals surface area contributed by atoms with Crippen LogP contribution in [0, 0.1) is 0 Å². The van der Waals surface area contributed by atoms with Gasteiger partial charge in [-0.1, -0.05) is 72.8 Å². The van der Waals surface area contributed by atoms with Gasteiger partial charge in [0, 0.05) is 0 Å². The van der Waals surface area contributed by atoms with Crippen molar-refractivity contribution in [3.8, 4) is 0 Å². The number of quaternary nitrogens is 1. The smallest absolute Gasteiger partial charge is 0.134 e. The minimum Gasteiger partial charge on any atom is -0.282 e. The zero-order valence-corrected chi connectivity index (χ0v) is 10.8. The molecule has 0 aliphatic carbocycles. The van der Waals surface area contributed by atoms with Crippen molar-refractivity contribution >= 4 is 11.4 Å². The molecule has 0 heterocycles. The van der Waals surface area contributed by atoms with Crippen molar-refractivity contribution in [1.82, 2.24) is 0 Å². The molecule has 0 fully saturated rings. The molecule has 3 aromatic carbocycles. The maximum atomic E-state index is 2.17. The van der Waals surface area contributed by atoms with Gasteiger partial charge in [0.2, 0.25) is 0 Å². The van der Waals surface area contributed by atoms with Gasteiger partial charge in [0.05, 0.1) is 0 Å².